The summed E-state index contributed by atoms with van der Waals surface area (Å²) in [5.74, 6) is 0.494. The molecular weight excluding hydrogens is 324 g/mol. The van der Waals surface area contributed by atoms with Gasteiger partial charge in [0, 0.05) is 32.2 Å². The SMILES string of the molecule is N#Cc1ccc2c(c1)N(CCN1CCC(NC(=O)O)CC1)C(=O)CO2. The molecule has 3 rings (SSSR count). The molecule has 2 aliphatic rings. The zero-order chi connectivity index (χ0) is 17.8. The van der Waals surface area contributed by atoms with Crippen LogP contribution in [0.3, 0.4) is 0 Å². The molecule has 2 aliphatic heterocycles. The number of amides is 2. The standard InChI is InChI=1S/C17H20N4O4/c18-10-12-1-2-15-14(9-12)21(16(22)11-25-15)8-7-20-5-3-13(4-6-20)19-17(23)24/h1-2,9,13,19H,3-8,11H2,(H,23,24). The minimum absolute atomic E-state index is 0.00215. The van der Waals surface area contributed by atoms with E-state index in [2.05, 4.69) is 16.3 Å². The number of anilines is 1. The number of nitrogens with zero attached hydrogens (tertiary/aromatic N) is 3. The van der Waals surface area contributed by atoms with Crippen LogP contribution in [-0.4, -0.2) is 60.8 Å². The Morgan fingerprint density at radius 1 is 1.36 bits per heavy atom. The fraction of sp³-hybridized carbons (Fsp3) is 0.471. The van der Waals surface area contributed by atoms with Gasteiger partial charge in [-0.1, -0.05) is 0 Å². The first-order valence-corrected chi connectivity index (χ1v) is 8.26. The molecule has 132 valence electrons. The largest absolute Gasteiger partial charge is 0.482 e. The Hall–Kier alpha value is -2.79. The van der Waals surface area contributed by atoms with E-state index in [-0.39, 0.29) is 18.6 Å². The second kappa shape index (κ2) is 7.40. The molecule has 2 N–H and O–H groups in total. The molecule has 1 saturated heterocycles. The number of rotatable bonds is 4. The van der Waals surface area contributed by atoms with Gasteiger partial charge in [0.25, 0.3) is 5.91 Å². The Labute approximate surface area is 145 Å². The van der Waals surface area contributed by atoms with E-state index in [9.17, 15) is 9.59 Å². The minimum Gasteiger partial charge on any atom is -0.482 e. The van der Waals surface area contributed by atoms with Crippen molar-refractivity contribution in [2.24, 2.45) is 0 Å². The molecule has 0 aliphatic carbocycles. The van der Waals surface area contributed by atoms with Crippen LogP contribution < -0.4 is 15.0 Å². The molecule has 2 amide bonds. The molecule has 0 atom stereocenters. The smallest absolute Gasteiger partial charge is 0.404 e. The third-order valence-electron chi connectivity index (χ3n) is 4.59. The molecule has 0 aromatic heterocycles. The number of nitrogens with one attached hydrogen (secondary N) is 1. The van der Waals surface area contributed by atoms with Gasteiger partial charge in [-0.05, 0) is 31.0 Å². The number of nitriles is 1. The lowest BCUT2D eigenvalue weighted by atomic mass is 10.1. The maximum Gasteiger partial charge on any atom is 0.404 e. The summed E-state index contributed by atoms with van der Waals surface area (Å²) < 4.78 is 5.43. The summed E-state index contributed by atoms with van der Waals surface area (Å²) in [6.45, 7) is 2.79. The van der Waals surface area contributed by atoms with Crippen molar-refractivity contribution in [3.05, 3.63) is 23.8 Å². The summed E-state index contributed by atoms with van der Waals surface area (Å²) in [5.41, 5.74) is 1.13. The van der Waals surface area contributed by atoms with E-state index in [1.54, 1.807) is 23.1 Å². The van der Waals surface area contributed by atoms with E-state index >= 15 is 0 Å². The third kappa shape index (κ3) is 4.00. The van der Waals surface area contributed by atoms with Crippen molar-refractivity contribution in [1.82, 2.24) is 10.2 Å². The van der Waals surface area contributed by atoms with Crippen LogP contribution >= 0.6 is 0 Å². The number of likely N-dealkylation sites (tertiary alicyclic amines) is 1. The number of piperidine rings is 1. The maximum atomic E-state index is 12.2. The zero-order valence-electron chi connectivity index (χ0n) is 13.8. The summed E-state index contributed by atoms with van der Waals surface area (Å²) in [7, 11) is 0. The number of hydrogen-bond donors (Lipinski definition) is 2. The molecule has 8 nitrogen and oxygen atoms in total. The number of benzene rings is 1. The molecule has 25 heavy (non-hydrogen) atoms. The van der Waals surface area contributed by atoms with Crippen molar-refractivity contribution >= 4 is 17.7 Å². The Bertz CT molecular complexity index is 707. The number of carbonyl (C=O) groups excluding carboxylic acids is 1. The van der Waals surface area contributed by atoms with Crippen LogP contribution in [0.1, 0.15) is 18.4 Å². The van der Waals surface area contributed by atoms with Gasteiger partial charge < -0.3 is 25.0 Å². The molecular formula is C17H20N4O4. The van der Waals surface area contributed by atoms with Crippen LogP contribution in [0.5, 0.6) is 5.75 Å². The Morgan fingerprint density at radius 2 is 2.12 bits per heavy atom. The van der Waals surface area contributed by atoms with E-state index in [4.69, 9.17) is 15.1 Å². The van der Waals surface area contributed by atoms with E-state index in [1.165, 1.54) is 0 Å². The van der Waals surface area contributed by atoms with Crippen molar-refractivity contribution in [1.29, 1.82) is 5.26 Å². The highest BCUT2D eigenvalue weighted by molar-refractivity contribution is 5.98. The lowest BCUT2D eigenvalue weighted by Gasteiger charge is -2.35. The van der Waals surface area contributed by atoms with Crippen LogP contribution in [-0.2, 0) is 4.79 Å². The van der Waals surface area contributed by atoms with Crippen molar-refractivity contribution in [2.75, 3.05) is 37.7 Å². The molecule has 0 spiro atoms. The molecule has 1 aromatic carbocycles. The van der Waals surface area contributed by atoms with E-state index in [0.717, 1.165) is 25.9 Å². The summed E-state index contributed by atoms with van der Waals surface area (Å²) in [5, 5.41) is 20.3. The first-order chi connectivity index (χ1) is 12.1. The van der Waals surface area contributed by atoms with Crippen molar-refractivity contribution in [3.63, 3.8) is 0 Å². The number of fused-ring (bicyclic) bond motifs is 1. The number of ether oxygens (including phenoxy) is 1. The quantitative estimate of drug-likeness (QED) is 0.844. The van der Waals surface area contributed by atoms with Crippen molar-refractivity contribution in [3.8, 4) is 11.8 Å². The summed E-state index contributed by atoms with van der Waals surface area (Å²) in [6, 6.07) is 7.15. The highest BCUT2D eigenvalue weighted by Gasteiger charge is 2.27. The average molecular weight is 344 g/mol. The van der Waals surface area contributed by atoms with Gasteiger partial charge in [0.15, 0.2) is 6.61 Å². The topological polar surface area (TPSA) is 106 Å². The second-order valence-corrected chi connectivity index (χ2v) is 6.19. The van der Waals surface area contributed by atoms with Crippen LogP contribution in [0, 0.1) is 11.3 Å². The lowest BCUT2D eigenvalue weighted by Crippen LogP contribution is -2.48. The predicted molar refractivity (Wildman–Crippen MR) is 89.6 cm³/mol. The first-order valence-electron chi connectivity index (χ1n) is 8.26. The average Bonchev–Trinajstić information content (AvgIpc) is 2.61. The van der Waals surface area contributed by atoms with Gasteiger partial charge in [0.1, 0.15) is 5.75 Å². The Kier molecular flexibility index (Phi) is 5.05. The van der Waals surface area contributed by atoms with Gasteiger partial charge in [0.2, 0.25) is 0 Å². The summed E-state index contributed by atoms with van der Waals surface area (Å²) in [6.07, 6.45) is 0.541. The number of hydrogen-bond acceptors (Lipinski definition) is 5. The van der Waals surface area contributed by atoms with E-state index < -0.39 is 6.09 Å². The predicted octanol–water partition coefficient (Wildman–Crippen LogP) is 1.02. The normalized spacial score (nSPS) is 18.2. The maximum absolute atomic E-state index is 12.2. The Morgan fingerprint density at radius 3 is 2.80 bits per heavy atom. The lowest BCUT2D eigenvalue weighted by molar-refractivity contribution is -0.121. The van der Waals surface area contributed by atoms with Crippen LogP contribution in [0.15, 0.2) is 18.2 Å². The minimum atomic E-state index is -0.984. The molecule has 0 saturated carbocycles. The second-order valence-electron chi connectivity index (χ2n) is 6.19. The third-order valence-corrected chi connectivity index (χ3v) is 4.59. The van der Waals surface area contributed by atoms with Crippen LogP contribution in [0.4, 0.5) is 10.5 Å². The van der Waals surface area contributed by atoms with E-state index in [1.807, 2.05) is 0 Å². The Balaban J connectivity index is 1.60. The fourth-order valence-corrected chi connectivity index (χ4v) is 3.23. The number of carboxylic acid groups (broad SMARTS) is 1. The van der Waals surface area contributed by atoms with Crippen molar-refractivity contribution < 1.29 is 19.4 Å². The molecule has 1 fully saturated rings. The van der Waals surface area contributed by atoms with Gasteiger partial charge in [-0.2, -0.15) is 5.26 Å². The van der Waals surface area contributed by atoms with Gasteiger partial charge >= 0.3 is 6.09 Å². The fourth-order valence-electron chi connectivity index (χ4n) is 3.23. The molecule has 1 aromatic rings. The van der Waals surface area contributed by atoms with Gasteiger partial charge in [-0.15, -0.1) is 0 Å². The van der Waals surface area contributed by atoms with Gasteiger partial charge in [0.05, 0.1) is 17.3 Å². The summed E-state index contributed by atoms with van der Waals surface area (Å²) >= 11 is 0. The van der Waals surface area contributed by atoms with Crippen LogP contribution in [0.25, 0.3) is 0 Å². The summed E-state index contributed by atoms with van der Waals surface area (Å²) in [4.78, 5) is 26.8. The highest BCUT2D eigenvalue weighted by atomic mass is 16.5. The zero-order valence-corrected chi connectivity index (χ0v) is 13.8. The van der Waals surface area contributed by atoms with Gasteiger partial charge in [-0.3, -0.25) is 4.79 Å². The van der Waals surface area contributed by atoms with Crippen molar-refractivity contribution in [2.45, 2.75) is 18.9 Å². The van der Waals surface area contributed by atoms with Gasteiger partial charge in [-0.25, -0.2) is 4.79 Å². The molecule has 0 unspecified atom stereocenters. The first kappa shape index (κ1) is 17.0. The van der Waals surface area contributed by atoms with Crippen LogP contribution in [0.2, 0.25) is 0 Å². The monoisotopic (exact) mass is 344 g/mol. The number of carbonyl (C=O) groups is 2. The molecule has 0 radical (unpaired) electrons. The molecule has 0 bridgehead atoms. The highest BCUT2D eigenvalue weighted by Crippen LogP contribution is 2.32. The molecule has 8 heteroatoms. The van der Waals surface area contributed by atoms with E-state index in [0.29, 0.717) is 30.1 Å². The molecule has 2 heterocycles.